The number of carbonyl (C=O) groups is 1. The summed E-state index contributed by atoms with van der Waals surface area (Å²) in [6, 6.07) is 0. The Morgan fingerprint density at radius 2 is 2.25 bits per heavy atom. The van der Waals surface area contributed by atoms with E-state index in [1.54, 1.807) is 4.68 Å². The maximum absolute atomic E-state index is 11.1. The maximum Gasteiger partial charge on any atom is 0.183 e. The van der Waals surface area contributed by atoms with Crippen LogP contribution in [0.5, 0.6) is 0 Å². The molecule has 12 heavy (non-hydrogen) atoms. The number of ketones is 1. The third kappa shape index (κ3) is 0.823. The molecule has 1 aliphatic rings. The Kier molecular flexibility index (Phi) is 1.39. The van der Waals surface area contributed by atoms with E-state index in [4.69, 9.17) is 0 Å². The van der Waals surface area contributed by atoms with E-state index >= 15 is 0 Å². The van der Waals surface area contributed by atoms with Gasteiger partial charge in [0.05, 0.1) is 6.54 Å². The first kappa shape index (κ1) is 7.27. The Balaban J connectivity index is 2.53. The van der Waals surface area contributed by atoms with Gasteiger partial charge in [0, 0.05) is 20.5 Å². The Morgan fingerprint density at radius 1 is 1.50 bits per heavy atom. The number of carbonyl (C=O) groups excluding carboxylic acids is 1. The predicted molar refractivity (Wildman–Crippen MR) is 43.3 cm³/mol. The van der Waals surface area contributed by atoms with Crippen LogP contribution < -0.4 is 4.90 Å². The first-order chi connectivity index (χ1) is 5.70. The summed E-state index contributed by atoms with van der Waals surface area (Å²) in [5.74, 6) is 0.826. The monoisotopic (exact) mass is 166 g/mol. The van der Waals surface area contributed by atoms with Gasteiger partial charge in [-0.05, 0) is 0 Å². The molecule has 64 valence electrons. The predicted octanol–water partition coefficient (Wildman–Crippen LogP) is -0.0695. The molecule has 0 saturated carbocycles. The second kappa shape index (κ2) is 2.30. The van der Waals surface area contributed by atoms with Gasteiger partial charge in [0.1, 0.15) is 0 Å². The van der Waals surface area contributed by atoms with E-state index in [0.717, 1.165) is 18.9 Å². The van der Waals surface area contributed by atoms with Crippen LogP contribution in [0.4, 0.5) is 5.82 Å². The second-order valence-electron chi connectivity index (χ2n) is 2.96. The zero-order chi connectivity index (χ0) is 8.72. The molecule has 0 saturated heterocycles. The highest BCUT2D eigenvalue weighted by Crippen LogP contribution is 2.21. The van der Waals surface area contributed by atoms with E-state index < -0.39 is 0 Å². The number of rotatable bonds is 1. The zero-order valence-electron chi connectivity index (χ0n) is 7.11. The van der Waals surface area contributed by atoms with Crippen molar-refractivity contribution in [3.8, 4) is 0 Å². The van der Waals surface area contributed by atoms with Gasteiger partial charge in [0.15, 0.2) is 17.3 Å². The molecule has 2 heterocycles. The van der Waals surface area contributed by atoms with Crippen LogP contribution in [0.15, 0.2) is 0 Å². The molecule has 2 rings (SSSR count). The summed E-state index contributed by atoms with van der Waals surface area (Å²) in [5, 5.41) is 7.68. The van der Waals surface area contributed by atoms with Crippen molar-refractivity contribution in [2.75, 3.05) is 18.5 Å². The van der Waals surface area contributed by atoms with Crippen LogP contribution in [0.25, 0.3) is 0 Å². The van der Waals surface area contributed by atoms with Crippen LogP contribution in [-0.4, -0.2) is 34.4 Å². The molecule has 1 aromatic heterocycles. The van der Waals surface area contributed by atoms with Crippen LogP contribution in [-0.2, 0) is 6.54 Å². The number of aromatic nitrogens is 3. The fourth-order valence-corrected chi connectivity index (χ4v) is 1.41. The lowest BCUT2D eigenvalue weighted by Gasteiger charge is -2.08. The van der Waals surface area contributed by atoms with Crippen molar-refractivity contribution >= 4 is 11.6 Å². The third-order valence-corrected chi connectivity index (χ3v) is 2.05. The summed E-state index contributed by atoms with van der Waals surface area (Å²) in [5.41, 5.74) is 0.481. The second-order valence-corrected chi connectivity index (χ2v) is 2.96. The molecular formula is C7H10N4O. The van der Waals surface area contributed by atoms with E-state index in [9.17, 15) is 4.79 Å². The molecule has 5 heteroatoms. The highest BCUT2D eigenvalue weighted by Gasteiger charge is 2.24. The van der Waals surface area contributed by atoms with Gasteiger partial charge in [-0.25, -0.2) is 4.68 Å². The molecule has 0 atom stereocenters. The van der Waals surface area contributed by atoms with Gasteiger partial charge < -0.3 is 4.90 Å². The Morgan fingerprint density at radius 3 is 2.92 bits per heavy atom. The van der Waals surface area contributed by atoms with E-state index in [1.165, 1.54) is 6.92 Å². The third-order valence-electron chi connectivity index (χ3n) is 2.05. The van der Waals surface area contributed by atoms with Crippen LogP contribution in [0.1, 0.15) is 17.4 Å². The maximum atomic E-state index is 11.1. The molecule has 0 bridgehead atoms. The molecule has 0 N–H and O–H groups in total. The van der Waals surface area contributed by atoms with Gasteiger partial charge in [-0.2, -0.15) is 0 Å². The number of nitrogens with zero attached hydrogens (tertiary/aromatic N) is 4. The normalized spacial score (nSPS) is 15.0. The zero-order valence-corrected chi connectivity index (χ0v) is 7.11. The summed E-state index contributed by atoms with van der Waals surface area (Å²) in [4.78, 5) is 13.1. The van der Waals surface area contributed by atoms with Crippen LogP contribution in [0, 0.1) is 0 Å². The fraction of sp³-hybridized carbons (Fsp3) is 0.571. The highest BCUT2D eigenvalue weighted by atomic mass is 16.1. The molecule has 0 aliphatic carbocycles. The first-order valence-electron chi connectivity index (χ1n) is 3.85. The number of hydrogen-bond donors (Lipinski definition) is 0. The van der Waals surface area contributed by atoms with Crippen molar-refractivity contribution in [3.05, 3.63) is 5.69 Å². The number of likely N-dealkylation sites (N-methyl/N-ethyl adjacent to an activating group) is 1. The molecule has 0 radical (unpaired) electrons. The minimum absolute atomic E-state index is 0.0231. The average Bonchev–Trinajstić information content (AvgIpc) is 2.53. The van der Waals surface area contributed by atoms with Gasteiger partial charge in [-0.15, -0.1) is 5.10 Å². The van der Waals surface area contributed by atoms with Gasteiger partial charge in [-0.1, -0.05) is 5.21 Å². The van der Waals surface area contributed by atoms with Crippen molar-refractivity contribution in [1.29, 1.82) is 0 Å². The van der Waals surface area contributed by atoms with E-state index in [0.29, 0.717) is 5.69 Å². The fourth-order valence-electron chi connectivity index (χ4n) is 1.41. The number of anilines is 1. The number of hydrogen-bond acceptors (Lipinski definition) is 4. The average molecular weight is 166 g/mol. The minimum atomic E-state index is -0.0231. The van der Waals surface area contributed by atoms with Crippen LogP contribution in [0.2, 0.25) is 0 Å². The van der Waals surface area contributed by atoms with E-state index in [1.807, 2.05) is 11.9 Å². The lowest BCUT2D eigenvalue weighted by atomic mass is 10.3. The Bertz CT molecular complexity index is 330. The molecule has 0 fully saturated rings. The lowest BCUT2D eigenvalue weighted by molar-refractivity contribution is 0.101. The van der Waals surface area contributed by atoms with Gasteiger partial charge in [-0.3, -0.25) is 4.79 Å². The summed E-state index contributed by atoms with van der Waals surface area (Å²) in [6.45, 7) is 3.24. The van der Waals surface area contributed by atoms with Crippen molar-refractivity contribution < 1.29 is 4.79 Å². The quantitative estimate of drug-likeness (QED) is 0.548. The number of Topliss-reactive ketones (excluding diaryl/α,β-unsaturated/α-hetero) is 1. The van der Waals surface area contributed by atoms with Crippen molar-refractivity contribution in [2.45, 2.75) is 13.5 Å². The van der Waals surface area contributed by atoms with E-state index in [-0.39, 0.29) is 5.78 Å². The standard InChI is InChI=1S/C7H10N4O/c1-5(12)6-7-10(2)3-4-11(7)9-8-6/h3-4H2,1-2H3. The largest absolute Gasteiger partial charge is 0.356 e. The molecule has 0 amide bonds. The van der Waals surface area contributed by atoms with Gasteiger partial charge >= 0.3 is 0 Å². The first-order valence-corrected chi connectivity index (χ1v) is 3.85. The van der Waals surface area contributed by atoms with Gasteiger partial charge in [0.25, 0.3) is 0 Å². The molecule has 1 aromatic rings. The van der Waals surface area contributed by atoms with Crippen LogP contribution in [0.3, 0.4) is 0 Å². The Labute approximate surface area is 70.0 Å². The van der Waals surface area contributed by atoms with E-state index in [2.05, 4.69) is 10.3 Å². The molecule has 1 aliphatic heterocycles. The topological polar surface area (TPSA) is 51.0 Å². The van der Waals surface area contributed by atoms with Crippen molar-refractivity contribution in [2.24, 2.45) is 0 Å². The molecule has 0 aromatic carbocycles. The SMILES string of the molecule is CC(=O)c1nnn2c1N(C)CC2. The van der Waals surface area contributed by atoms with Crippen molar-refractivity contribution in [1.82, 2.24) is 15.0 Å². The van der Waals surface area contributed by atoms with Crippen molar-refractivity contribution in [3.63, 3.8) is 0 Å². The Hall–Kier alpha value is -1.39. The lowest BCUT2D eigenvalue weighted by Crippen LogP contribution is -2.15. The number of fused-ring (bicyclic) bond motifs is 1. The highest BCUT2D eigenvalue weighted by molar-refractivity contribution is 5.96. The summed E-state index contributed by atoms with van der Waals surface area (Å²) in [7, 11) is 1.94. The van der Waals surface area contributed by atoms with Crippen LogP contribution >= 0.6 is 0 Å². The summed E-state index contributed by atoms with van der Waals surface area (Å²) < 4.78 is 1.76. The summed E-state index contributed by atoms with van der Waals surface area (Å²) in [6.07, 6.45) is 0. The smallest absolute Gasteiger partial charge is 0.183 e. The molecular weight excluding hydrogens is 156 g/mol. The molecule has 0 spiro atoms. The summed E-state index contributed by atoms with van der Waals surface area (Å²) >= 11 is 0. The molecule has 5 nitrogen and oxygen atoms in total. The van der Waals surface area contributed by atoms with Gasteiger partial charge in [0.2, 0.25) is 0 Å². The molecule has 0 unspecified atom stereocenters. The minimum Gasteiger partial charge on any atom is -0.356 e.